The van der Waals surface area contributed by atoms with Gasteiger partial charge in [-0.1, -0.05) is 12.1 Å². The highest BCUT2D eigenvalue weighted by atomic mass is 127. The van der Waals surface area contributed by atoms with E-state index in [0.717, 1.165) is 19.8 Å². The van der Waals surface area contributed by atoms with Crippen LogP contribution in [0.15, 0.2) is 24.3 Å². The van der Waals surface area contributed by atoms with E-state index in [-0.39, 0.29) is 5.78 Å². The van der Waals surface area contributed by atoms with E-state index in [9.17, 15) is 4.79 Å². The van der Waals surface area contributed by atoms with Gasteiger partial charge in [0.05, 0.1) is 12.1 Å². The quantitative estimate of drug-likeness (QED) is 0.618. The van der Waals surface area contributed by atoms with Crippen LogP contribution in [-0.2, 0) is 6.42 Å². The number of Topliss-reactive ketones (excluding diaryl/α,β-unsaturated/α-hetero) is 1. The second-order valence-corrected chi connectivity index (χ2v) is 6.39. The number of aryl methyl sites for hydroxylation is 2. The van der Waals surface area contributed by atoms with E-state index in [4.69, 9.17) is 0 Å². The van der Waals surface area contributed by atoms with Gasteiger partial charge < -0.3 is 0 Å². The van der Waals surface area contributed by atoms with Gasteiger partial charge in [-0.05, 0) is 48.6 Å². The highest BCUT2D eigenvalue weighted by molar-refractivity contribution is 14.1. The average Bonchev–Trinajstić information content (AvgIpc) is 2.58. The lowest BCUT2D eigenvalue weighted by Gasteiger charge is -1.98. The minimum absolute atomic E-state index is 0.134. The molecule has 0 bridgehead atoms. The molecule has 0 fully saturated rings. The molecule has 1 heterocycles. The van der Waals surface area contributed by atoms with Crippen LogP contribution in [-0.4, -0.2) is 10.8 Å². The molecule has 0 aliphatic rings. The maximum Gasteiger partial charge on any atom is 0.169 e. The number of hydrogen-bond acceptors (Lipinski definition) is 3. The number of hydrogen-bond donors (Lipinski definition) is 0. The Morgan fingerprint density at radius 2 is 1.94 bits per heavy atom. The molecule has 1 aromatic carbocycles. The van der Waals surface area contributed by atoms with E-state index in [1.165, 1.54) is 4.88 Å². The minimum Gasteiger partial charge on any atom is -0.294 e. The number of rotatable bonds is 3. The number of benzene rings is 1. The third kappa shape index (κ3) is 3.13. The summed E-state index contributed by atoms with van der Waals surface area (Å²) >= 11 is 3.84. The first-order chi connectivity index (χ1) is 8.06. The van der Waals surface area contributed by atoms with Crippen molar-refractivity contribution in [2.45, 2.75) is 20.3 Å². The largest absolute Gasteiger partial charge is 0.294 e. The predicted molar refractivity (Wildman–Crippen MR) is 78.8 cm³/mol. The van der Waals surface area contributed by atoms with Crippen LogP contribution in [0.1, 0.15) is 25.9 Å². The third-order valence-electron chi connectivity index (χ3n) is 2.55. The van der Waals surface area contributed by atoms with Crippen LogP contribution >= 0.6 is 33.9 Å². The molecule has 1 aromatic heterocycles. The van der Waals surface area contributed by atoms with E-state index >= 15 is 0 Å². The zero-order valence-corrected chi connectivity index (χ0v) is 12.6. The molecule has 2 nitrogen and oxygen atoms in total. The first-order valence-electron chi connectivity index (χ1n) is 5.28. The van der Waals surface area contributed by atoms with Crippen molar-refractivity contribution in [1.82, 2.24) is 4.98 Å². The number of halogens is 1. The van der Waals surface area contributed by atoms with Crippen molar-refractivity contribution in [3.63, 3.8) is 0 Å². The van der Waals surface area contributed by atoms with Crippen molar-refractivity contribution >= 4 is 39.7 Å². The highest BCUT2D eigenvalue weighted by Crippen LogP contribution is 2.18. The number of nitrogens with zero attached hydrogens (tertiary/aromatic N) is 1. The van der Waals surface area contributed by atoms with E-state index < -0.39 is 0 Å². The zero-order chi connectivity index (χ0) is 12.4. The van der Waals surface area contributed by atoms with Crippen molar-refractivity contribution < 1.29 is 4.79 Å². The summed E-state index contributed by atoms with van der Waals surface area (Å²) < 4.78 is 1.14. The van der Waals surface area contributed by atoms with Crippen molar-refractivity contribution in [2.75, 3.05) is 0 Å². The lowest BCUT2D eigenvalue weighted by Crippen LogP contribution is -2.03. The van der Waals surface area contributed by atoms with Gasteiger partial charge in [0.2, 0.25) is 0 Å². The number of thiazole rings is 1. The standard InChI is InChI=1S/C13H12INOS/c1-8-9(2)17-13(15-8)7-12(16)10-3-5-11(14)6-4-10/h3-6H,7H2,1-2H3. The molecule has 0 atom stereocenters. The normalized spacial score (nSPS) is 10.5. The molecule has 4 heteroatoms. The zero-order valence-electron chi connectivity index (χ0n) is 9.66. The van der Waals surface area contributed by atoms with Gasteiger partial charge in [0.1, 0.15) is 5.01 Å². The third-order valence-corrected chi connectivity index (χ3v) is 4.34. The Labute approximate surface area is 118 Å². The molecule has 88 valence electrons. The lowest BCUT2D eigenvalue weighted by atomic mass is 10.1. The topological polar surface area (TPSA) is 30.0 Å². The summed E-state index contributed by atoms with van der Waals surface area (Å²) in [5.74, 6) is 0.134. The van der Waals surface area contributed by atoms with Crippen molar-refractivity contribution in [1.29, 1.82) is 0 Å². The second-order valence-electron chi connectivity index (χ2n) is 3.86. The molecule has 0 radical (unpaired) electrons. The summed E-state index contributed by atoms with van der Waals surface area (Å²) in [6, 6.07) is 7.65. The smallest absolute Gasteiger partial charge is 0.169 e. The summed E-state index contributed by atoms with van der Waals surface area (Å²) in [6.07, 6.45) is 0.403. The first kappa shape index (κ1) is 12.7. The Morgan fingerprint density at radius 1 is 1.29 bits per heavy atom. The summed E-state index contributed by atoms with van der Waals surface area (Å²) in [4.78, 5) is 17.6. The Hall–Kier alpha value is -0.750. The molecule has 0 amide bonds. The molecule has 0 N–H and O–H groups in total. The molecular weight excluding hydrogens is 345 g/mol. The van der Waals surface area contributed by atoms with Gasteiger partial charge >= 0.3 is 0 Å². The van der Waals surface area contributed by atoms with Gasteiger partial charge in [-0.2, -0.15) is 0 Å². The Bertz CT molecular complexity index is 526. The van der Waals surface area contributed by atoms with E-state index in [1.807, 2.05) is 38.1 Å². The molecule has 0 saturated heterocycles. The fourth-order valence-electron chi connectivity index (χ4n) is 1.49. The van der Waals surface area contributed by atoms with Crippen molar-refractivity contribution in [3.8, 4) is 0 Å². The van der Waals surface area contributed by atoms with Gasteiger partial charge in [0.25, 0.3) is 0 Å². The number of carbonyl (C=O) groups excluding carboxylic acids is 1. The van der Waals surface area contributed by atoms with Crippen LogP contribution in [0.4, 0.5) is 0 Å². The molecule has 0 spiro atoms. The molecular formula is C13H12INOS. The molecule has 17 heavy (non-hydrogen) atoms. The van der Waals surface area contributed by atoms with E-state index in [0.29, 0.717) is 6.42 Å². The monoisotopic (exact) mass is 357 g/mol. The minimum atomic E-state index is 0.134. The predicted octanol–water partition coefficient (Wildman–Crippen LogP) is 3.79. The second kappa shape index (κ2) is 5.27. The Morgan fingerprint density at radius 3 is 2.47 bits per heavy atom. The van der Waals surface area contributed by atoms with Crippen LogP contribution < -0.4 is 0 Å². The van der Waals surface area contributed by atoms with Crippen molar-refractivity contribution in [2.24, 2.45) is 0 Å². The van der Waals surface area contributed by atoms with Crippen LogP contribution in [0, 0.1) is 17.4 Å². The molecule has 2 aromatic rings. The van der Waals surface area contributed by atoms with Crippen LogP contribution in [0.3, 0.4) is 0 Å². The number of carbonyl (C=O) groups is 1. The first-order valence-corrected chi connectivity index (χ1v) is 7.17. The van der Waals surface area contributed by atoms with Gasteiger partial charge in [0, 0.05) is 14.0 Å². The fourth-order valence-corrected chi connectivity index (χ4v) is 2.78. The van der Waals surface area contributed by atoms with Gasteiger partial charge in [-0.15, -0.1) is 11.3 Å². The molecule has 0 aliphatic heterocycles. The summed E-state index contributed by atoms with van der Waals surface area (Å²) in [5.41, 5.74) is 1.79. The molecule has 0 unspecified atom stereocenters. The van der Waals surface area contributed by atoms with Gasteiger partial charge in [0.15, 0.2) is 5.78 Å². The lowest BCUT2D eigenvalue weighted by molar-refractivity contribution is 0.0993. The van der Waals surface area contributed by atoms with Crippen LogP contribution in [0.5, 0.6) is 0 Å². The summed E-state index contributed by atoms with van der Waals surface area (Å²) in [5, 5.41) is 0.906. The summed E-state index contributed by atoms with van der Waals surface area (Å²) in [6.45, 7) is 4.01. The molecule has 0 saturated carbocycles. The van der Waals surface area contributed by atoms with Crippen LogP contribution in [0.25, 0.3) is 0 Å². The summed E-state index contributed by atoms with van der Waals surface area (Å²) in [7, 11) is 0. The average molecular weight is 357 g/mol. The van der Waals surface area contributed by atoms with Gasteiger partial charge in [-0.3, -0.25) is 4.79 Å². The Balaban J connectivity index is 2.14. The highest BCUT2D eigenvalue weighted by Gasteiger charge is 2.11. The fraction of sp³-hybridized carbons (Fsp3) is 0.231. The maximum atomic E-state index is 12.0. The maximum absolute atomic E-state index is 12.0. The van der Waals surface area contributed by atoms with Crippen LogP contribution in [0.2, 0.25) is 0 Å². The number of aromatic nitrogens is 1. The van der Waals surface area contributed by atoms with Gasteiger partial charge in [-0.25, -0.2) is 4.98 Å². The molecule has 2 rings (SSSR count). The van der Waals surface area contributed by atoms with Crippen molar-refractivity contribution in [3.05, 3.63) is 49.0 Å². The number of ketones is 1. The molecule has 0 aliphatic carbocycles. The van der Waals surface area contributed by atoms with E-state index in [2.05, 4.69) is 27.6 Å². The SMILES string of the molecule is Cc1nc(CC(=O)c2ccc(I)cc2)sc1C. The van der Waals surface area contributed by atoms with E-state index in [1.54, 1.807) is 11.3 Å². The Kier molecular flexibility index (Phi) is 3.93.